The standard InChI is InChI=1S/C19H25NO/c1-3-4-5-6-7-12-21-19-11-10-17-13-16(15-20-2)8-9-18(17)14-19/h8-11,13-15H,3-7,12H2,1-2H3. The van der Waals surface area contributed by atoms with E-state index >= 15 is 0 Å². The molecule has 0 bridgehead atoms. The molecule has 2 rings (SSSR count). The summed E-state index contributed by atoms with van der Waals surface area (Å²) in [5.74, 6) is 0.968. The zero-order valence-electron chi connectivity index (χ0n) is 13.1. The molecule has 0 N–H and O–H groups in total. The summed E-state index contributed by atoms with van der Waals surface area (Å²) >= 11 is 0. The average molecular weight is 283 g/mol. The van der Waals surface area contributed by atoms with Gasteiger partial charge in [0.05, 0.1) is 6.61 Å². The molecule has 0 amide bonds. The lowest BCUT2D eigenvalue weighted by Crippen LogP contribution is -1.97. The molecule has 0 radical (unpaired) electrons. The van der Waals surface area contributed by atoms with E-state index in [2.05, 4.69) is 48.3 Å². The van der Waals surface area contributed by atoms with Gasteiger partial charge in [-0.25, -0.2) is 0 Å². The molecule has 0 spiro atoms. The first-order chi connectivity index (χ1) is 10.3. The molecule has 0 aromatic heterocycles. The van der Waals surface area contributed by atoms with Gasteiger partial charge < -0.3 is 4.74 Å². The van der Waals surface area contributed by atoms with Gasteiger partial charge in [0.15, 0.2) is 0 Å². The fourth-order valence-corrected chi connectivity index (χ4v) is 2.46. The van der Waals surface area contributed by atoms with E-state index < -0.39 is 0 Å². The Labute approximate surface area is 127 Å². The number of ether oxygens (including phenoxy) is 1. The molecule has 0 aliphatic rings. The molecule has 2 aromatic carbocycles. The Bertz CT molecular complexity index is 589. The van der Waals surface area contributed by atoms with E-state index in [1.807, 2.05) is 6.21 Å². The van der Waals surface area contributed by atoms with Crippen LogP contribution in [0.25, 0.3) is 10.8 Å². The smallest absolute Gasteiger partial charge is 0.119 e. The number of hydrogen-bond acceptors (Lipinski definition) is 2. The predicted octanol–water partition coefficient (Wildman–Crippen LogP) is 5.24. The fourth-order valence-electron chi connectivity index (χ4n) is 2.46. The molecule has 0 atom stereocenters. The first-order valence-electron chi connectivity index (χ1n) is 7.92. The van der Waals surface area contributed by atoms with Gasteiger partial charge in [0.2, 0.25) is 0 Å². The van der Waals surface area contributed by atoms with Crippen molar-refractivity contribution in [3.63, 3.8) is 0 Å². The fraction of sp³-hybridized carbons (Fsp3) is 0.421. The molecule has 0 saturated heterocycles. The molecular weight excluding hydrogens is 258 g/mol. The van der Waals surface area contributed by atoms with Gasteiger partial charge in [-0.15, -0.1) is 0 Å². The van der Waals surface area contributed by atoms with E-state index in [-0.39, 0.29) is 0 Å². The van der Waals surface area contributed by atoms with Crippen molar-refractivity contribution in [3.8, 4) is 5.75 Å². The van der Waals surface area contributed by atoms with Crippen LogP contribution in [0.2, 0.25) is 0 Å². The van der Waals surface area contributed by atoms with E-state index in [4.69, 9.17) is 4.74 Å². The van der Waals surface area contributed by atoms with E-state index in [1.165, 1.54) is 36.5 Å². The zero-order chi connectivity index (χ0) is 14.9. The number of hydrogen-bond donors (Lipinski definition) is 0. The second kappa shape index (κ2) is 8.46. The van der Waals surface area contributed by atoms with Gasteiger partial charge in [-0.3, -0.25) is 4.99 Å². The van der Waals surface area contributed by atoms with Gasteiger partial charge >= 0.3 is 0 Å². The van der Waals surface area contributed by atoms with E-state index in [0.29, 0.717) is 0 Å². The van der Waals surface area contributed by atoms with Crippen LogP contribution >= 0.6 is 0 Å². The number of fused-ring (bicyclic) bond motifs is 1. The van der Waals surface area contributed by atoms with E-state index in [9.17, 15) is 0 Å². The van der Waals surface area contributed by atoms with Crippen molar-refractivity contribution >= 4 is 17.0 Å². The topological polar surface area (TPSA) is 21.6 Å². The molecule has 0 aliphatic heterocycles. The highest BCUT2D eigenvalue weighted by Gasteiger charge is 1.99. The van der Waals surface area contributed by atoms with Crippen molar-refractivity contribution in [2.24, 2.45) is 4.99 Å². The van der Waals surface area contributed by atoms with Crippen LogP contribution in [0.1, 0.15) is 44.6 Å². The quantitative estimate of drug-likeness (QED) is 0.479. The summed E-state index contributed by atoms with van der Waals surface area (Å²) in [5, 5.41) is 2.44. The molecule has 0 fully saturated rings. The molecule has 0 saturated carbocycles. The summed E-state index contributed by atoms with van der Waals surface area (Å²) in [5.41, 5.74) is 1.13. The second-order valence-electron chi connectivity index (χ2n) is 5.42. The van der Waals surface area contributed by atoms with Crippen LogP contribution in [-0.4, -0.2) is 19.9 Å². The first kappa shape index (κ1) is 15.6. The van der Waals surface area contributed by atoms with Gasteiger partial charge in [-0.2, -0.15) is 0 Å². The Morgan fingerprint density at radius 2 is 1.71 bits per heavy atom. The number of rotatable bonds is 8. The van der Waals surface area contributed by atoms with Crippen LogP contribution in [0.15, 0.2) is 41.4 Å². The Hall–Kier alpha value is -1.83. The van der Waals surface area contributed by atoms with Crippen LogP contribution in [0.4, 0.5) is 0 Å². The summed E-state index contributed by atoms with van der Waals surface area (Å²) < 4.78 is 5.85. The van der Waals surface area contributed by atoms with Crippen LogP contribution in [0, 0.1) is 0 Å². The second-order valence-corrected chi connectivity index (χ2v) is 5.42. The van der Waals surface area contributed by atoms with Crippen LogP contribution in [0.5, 0.6) is 5.75 Å². The van der Waals surface area contributed by atoms with Crippen LogP contribution in [0.3, 0.4) is 0 Å². The van der Waals surface area contributed by atoms with E-state index in [1.54, 1.807) is 7.05 Å². The van der Waals surface area contributed by atoms with Crippen molar-refractivity contribution in [2.45, 2.75) is 39.0 Å². The molecule has 0 aliphatic carbocycles. The van der Waals surface area contributed by atoms with Gasteiger partial charge in [0, 0.05) is 13.3 Å². The van der Waals surface area contributed by atoms with Gasteiger partial charge in [-0.05, 0) is 41.0 Å². The minimum Gasteiger partial charge on any atom is -0.494 e. The molecule has 2 nitrogen and oxygen atoms in total. The number of aliphatic imine (C=N–C) groups is 1. The maximum atomic E-state index is 5.85. The molecule has 0 heterocycles. The third-order valence-electron chi connectivity index (χ3n) is 3.63. The number of unbranched alkanes of at least 4 members (excludes halogenated alkanes) is 4. The van der Waals surface area contributed by atoms with Crippen molar-refractivity contribution in [2.75, 3.05) is 13.7 Å². The lowest BCUT2D eigenvalue weighted by Gasteiger charge is -2.07. The lowest BCUT2D eigenvalue weighted by molar-refractivity contribution is 0.305. The third kappa shape index (κ3) is 4.89. The molecule has 112 valence electrons. The number of nitrogens with zero attached hydrogens (tertiary/aromatic N) is 1. The van der Waals surface area contributed by atoms with Gasteiger partial charge in [-0.1, -0.05) is 50.8 Å². The molecule has 21 heavy (non-hydrogen) atoms. The van der Waals surface area contributed by atoms with Crippen LogP contribution < -0.4 is 4.74 Å². The average Bonchev–Trinajstić information content (AvgIpc) is 2.51. The van der Waals surface area contributed by atoms with Crippen molar-refractivity contribution in [1.82, 2.24) is 0 Å². The molecule has 2 aromatic rings. The highest BCUT2D eigenvalue weighted by Crippen LogP contribution is 2.22. The Morgan fingerprint density at radius 3 is 2.52 bits per heavy atom. The van der Waals surface area contributed by atoms with Gasteiger partial charge in [0.1, 0.15) is 5.75 Å². The van der Waals surface area contributed by atoms with Gasteiger partial charge in [0.25, 0.3) is 0 Å². The monoisotopic (exact) mass is 283 g/mol. The highest BCUT2D eigenvalue weighted by atomic mass is 16.5. The predicted molar refractivity (Wildman–Crippen MR) is 91.7 cm³/mol. The number of benzene rings is 2. The summed E-state index contributed by atoms with van der Waals surface area (Å²) in [6.45, 7) is 3.05. The summed E-state index contributed by atoms with van der Waals surface area (Å²) in [6.07, 6.45) is 8.22. The highest BCUT2D eigenvalue weighted by molar-refractivity contribution is 5.91. The molecule has 0 unspecified atom stereocenters. The van der Waals surface area contributed by atoms with Crippen molar-refractivity contribution in [1.29, 1.82) is 0 Å². The van der Waals surface area contributed by atoms with Crippen molar-refractivity contribution < 1.29 is 4.74 Å². The minimum absolute atomic E-state index is 0.815. The summed E-state index contributed by atoms with van der Waals surface area (Å²) in [4.78, 5) is 4.05. The third-order valence-corrected chi connectivity index (χ3v) is 3.63. The first-order valence-corrected chi connectivity index (χ1v) is 7.92. The minimum atomic E-state index is 0.815. The maximum absolute atomic E-state index is 5.85. The largest absolute Gasteiger partial charge is 0.494 e. The van der Waals surface area contributed by atoms with Crippen LogP contribution in [-0.2, 0) is 0 Å². The molecular formula is C19H25NO. The Balaban J connectivity index is 1.91. The Kier molecular flexibility index (Phi) is 6.26. The van der Waals surface area contributed by atoms with E-state index in [0.717, 1.165) is 24.3 Å². The maximum Gasteiger partial charge on any atom is 0.119 e. The molecule has 2 heteroatoms. The SMILES string of the molecule is CCCCCCCOc1ccc2cc(C=NC)ccc2c1. The lowest BCUT2D eigenvalue weighted by atomic mass is 10.1. The Morgan fingerprint density at radius 1 is 0.952 bits per heavy atom. The normalized spacial score (nSPS) is 11.3. The summed E-state index contributed by atoms with van der Waals surface area (Å²) in [7, 11) is 1.79. The summed E-state index contributed by atoms with van der Waals surface area (Å²) in [6, 6.07) is 12.7. The zero-order valence-corrected chi connectivity index (χ0v) is 13.1. The van der Waals surface area contributed by atoms with Crippen molar-refractivity contribution in [3.05, 3.63) is 42.0 Å².